The average Bonchev–Trinajstić information content (AvgIpc) is 3.26. The van der Waals surface area contributed by atoms with Crippen LogP contribution < -0.4 is 9.80 Å². The normalized spacial score (nSPS) is 19.1. The van der Waals surface area contributed by atoms with E-state index in [4.69, 9.17) is 11.6 Å². The van der Waals surface area contributed by atoms with E-state index in [1.807, 2.05) is 6.07 Å². The summed E-state index contributed by atoms with van der Waals surface area (Å²) < 4.78 is 0. The van der Waals surface area contributed by atoms with E-state index in [0.29, 0.717) is 0 Å². The number of aromatic nitrogens is 3. The van der Waals surface area contributed by atoms with Crippen LogP contribution in [0.15, 0.2) is 24.5 Å². The minimum absolute atomic E-state index is 0.724. The van der Waals surface area contributed by atoms with Gasteiger partial charge in [-0.2, -0.15) is 5.10 Å². The summed E-state index contributed by atoms with van der Waals surface area (Å²) in [5.74, 6) is 1.81. The predicted molar refractivity (Wildman–Crippen MR) is 84.2 cm³/mol. The van der Waals surface area contributed by atoms with Crippen LogP contribution in [0.4, 0.5) is 11.5 Å². The van der Waals surface area contributed by atoms with Gasteiger partial charge in [-0.3, -0.25) is 10.1 Å². The third-order valence-corrected chi connectivity index (χ3v) is 4.59. The topological polar surface area (TPSA) is 48.1 Å². The van der Waals surface area contributed by atoms with E-state index < -0.39 is 0 Å². The Balaban J connectivity index is 1.43. The monoisotopic (exact) mass is 303 g/mol. The zero-order chi connectivity index (χ0) is 14.2. The average molecular weight is 304 g/mol. The molecule has 0 spiro atoms. The molecule has 21 heavy (non-hydrogen) atoms. The van der Waals surface area contributed by atoms with Crippen molar-refractivity contribution in [1.82, 2.24) is 15.2 Å². The lowest BCUT2D eigenvalue weighted by atomic mass is 10.2. The molecular formula is C15H18ClN5. The molecule has 6 heteroatoms. The van der Waals surface area contributed by atoms with Crippen LogP contribution >= 0.6 is 11.6 Å². The molecule has 0 radical (unpaired) electrons. The van der Waals surface area contributed by atoms with E-state index in [2.05, 4.69) is 31.0 Å². The molecule has 0 bridgehead atoms. The lowest BCUT2D eigenvalue weighted by molar-refractivity contribution is 0.646. The standard InChI is InChI=1S/C15H18ClN5/c16-12-10-17-4-3-14(12)20-5-7-21(8-6-20)15-9-13(18-19-15)11-1-2-11/h3-4,9-11H,1-2,5-8H2,(H,18,19). The third kappa shape index (κ3) is 2.58. The van der Waals surface area contributed by atoms with Crippen molar-refractivity contribution in [3.8, 4) is 0 Å². The van der Waals surface area contributed by atoms with Crippen molar-refractivity contribution in [2.75, 3.05) is 36.0 Å². The van der Waals surface area contributed by atoms with Crippen molar-refractivity contribution in [2.45, 2.75) is 18.8 Å². The van der Waals surface area contributed by atoms with E-state index in [-0.39, 0.29) is 0 Å². The molecule has 2 aromatic rings. The van der Waals surface area contributed by atoms with E-state index in [1.54, 1.807) is 12.4 Å². The summed E-state index contributed by atoms with van der Waals surface area (Å²) in [6.07, 6.45) is 6.11. The van der Waals surface area contributed by atoms with Gasteiger partial charge < -0.3 is 9.80 Å². The number of nitrogens with one attached hydrogen (secondary N) is 1. The first-order valence-electron chi connectivity index (χ1n) is 7.46. The molecule has 0 unspecified atom stereocenters. The van der Waals surface area contributed by atoms with Gasteiger partial charge in [0.05, 0.1) is 10.7 Å². The van der Waals surface area contributed by atoms with Gasteiger partial charge in [-0.05, 0) is 18.9 Å². The van der Waals surface area contributed by atoms with Crippen LogP contribution in [0.25, 0.3) is 0 Å². The quantitative estimate of drug-likeness (QED) is 0.947. The SMILES string of the molecule is Clc1cnccc1N1CCN(c2cc(C3CC3)[nH]n2)CC1. The Morgan fingerprint density at radius 1 is 1.14 bits per heavy atom. The molecule has 110 valence electrons. The van der Waals surface area contributed by atoms with Gasteiger partial charge in [0.15, 0.2) is 5.82 Å². The Bertz CT molecular complexity index is 628. The van der Waals surface area contributed by atoms with Crippen LogP contribution in [0.5, 0.6) is 0 Å². The predicted octanol–water partition coefficient (Wildman–Crippen LogP) is 2.66. The Kier molecular flexibility index (Phi) is 3.22. The summed E-state index contributed by atoms with van der Waals surface area (Å²) >= 11 is 6.22. The van der Waals surface area contributed by atoms with Crippen LogP contribution in [0.2, 0.25) is 5.02 Å². The number of hydrogen-bond acceptors (Lipinski definition) is 4. The van der Waals surface area contributed by atoms with E-state index in [0.717, 1.165) is 48.6 Å². The van der Waals surface area contributed by atoms with Gasteiger partial charge in [0.1, 0.15) is 0 Å². The smallest absolute Gasteiger partial charge is 0.150 e. The zero-order valence-electron chi connectivity index (χ0n) is 11.8. The summed E-state index contributed by atoms with van der Waals surface area (Å²) in [4.78, 5) is 8.70. The molecule has 0 aromatic carbocycles. The van der Waals surface area contributed by atoms with Gasteiger partial charge in [0.2, 0.25) is 0 Å². The van der Waals surface area contributed by atoms with E-state index >= 15 is 0 Å². The van der Waals surface area contributed by atoms with Crippen molar-refractivity contribution >= 4 is 23.1 Å². The summed E-state index contributed by atoms with van der Waals surface area (Å²) in [6.45, 7) is 3.84. The fourth-order valence-electron chi connectivity index (χ4n) is 2.89. The maximum atomic E-state index is 6.22. The molecular weight excluding hydrogens is 286 g/mol. The van der Waals surface area contributed by atoms with Crippen LogP contribution in [0.3, 0.4) is 0 Å². The van der Waals surface area contributed by atoms with Crippen LogP contribution in [-0.2, 0) is 0 Å². The number of anilines is 2. The number of hydrogen-bond donors (Lipinski definition) is 1. The molecule has 2 aromatic heterocycles. The number of pyridine rings is 1. The number of H-pyrrole nitrogens is 1. The van der Waals surface area contributed by atoms with Crippen LogP contribution in [-0.4, -0.2) is 41.4 Å². The molecule has 1 N–H and O–H groups in total. The molecule has 1 aliphatic carbocycles. The van der Waals surface area contributed by atoms with Crippen molar-refractivity contribution in [3.05, 3.63) is 35.2 Å². The van der Waals surface area contributed by atoms with Crippen molar-refractivity contribution in [1.29, 1.82) is 0 Å². The van der Waals surface area contributed by atoms with Gasteiger partial charge in [0, 0.05) is 56.3 Å². The molecule has 2 aliphatic rings. The first kappa shape index (κ1) is 13.0. The second-order valence-corrected chi connectivity index (χ2v) is 6.16. The first-order valence-corrected chi connectivity index (χ1v) is 7.84. The molecule has 1 saturated carbocycles. The minimum atomic E-state index is 0.724. The number of aromatic amines is 1. The maximum absolute atomic E-state index is 6.22. The highest BCUT2D eigenvalue weighted by Crippen LogP contribution is 2.40. The first-order chi connectivity index (χ1) is 10.3. The van der Waals surface area contributed by atoms with Crippen molar-refractivity contribution < 1.29 is 0 Å². The second-order valence-electron chi connectivity index (χ2n) is 5.76. The number of piperazine rings is 1. The molecule has 0 atom stereocenters. The molecule has 5 nitrogen and oxygen atoms in total. The van der Waals surface area contributed by atoms with Crippen molar-refractivity contribution in [2.24, 2.45) is 0 Å². The van der Waals surface area contributed by atoms with Gasteiger partial charge in [-0.1, -0.05) is 11.6 Å². The van der Waals surface area contributed by atoms with Gasteiger partial charge >= 0.3 is 0 Å². The molecule has 3 heterocycles. The minimum Gasteiger partial charge on any atom is -0.367 e. The van der Waals surface area contributed by atoms with Gasteiger partial charge in [-0.15, -0.1) is 0 Å². The Morgan fingerprint density at radius 2 is 1.90 bits per heavy atom. The summed E-state index contributed by atoms with van der Waals surface area (Å²) in [5, 5.41) is 8.37. The largest absolute Gasteiger partial charge is 0.367 e. The fourth-order valence-corrected chi connectivity index (χ4v) is 3.13. The lowest BCUT2D eigenvalue weighted by Crippen LogP contribution is -2.46. The van der Waals surface area contributed by atoms with Crippen LogP contribution in [0, 0.1) is 0 Å². The number of nitrogens with zero attached hydrogens (tertiary/aromatic N) is 4. The van der Waals surface area contributed by atoms with Crippen molar-refractivity contribution in [3.63, 3.8) is 0 Å². The Labute approximate surface area is 128 Å². The fraction of sp³-hybridized carbons (Fsp3) is 0.467. The lowest BCUT2D eigenvalue weighted by Gasteiger charge is -2.36. The molecule has 1 saturated heterocycles. The molecule has 0 amide bonds. The maximum Gasteiger partial charge on any atom is 0.150 e. The Hall–Kier alpha value is -1.75. The number of rotatable bonds is 3. The number of halogens is 1. The highest BCUT2D eigenvalue weighted by molar-refractivity contribution is 6.33. The summed E-state index contributed by atoms with van der Waals surface area (Å²) in [6, 6.07) is 4.20. The zero-order valence-corrected chi connectivity index (χ0v) is 12.6. The second kappa shape index (κ2) is 5.22. The summed E-state index contributed by atoms with van der Waals surface area (Å²) in [5.41, 5.74) is 2.37. The molecule has 2 fully saturated rings. The van der Waals surface area contributed by atoms with Gasteiger partial charge in [-0.25, -0.2) is 0 Å². The summed E-state index contributed by atoms with van der Waals surface area (Å²) in [7, 11) is 0. The highest BCUT2D eigenvalue weighted by Gasteiger charge is 2.27. The van der Waals surface area contributed by atoms with Gasteiger partial charge in [0.25, 0.3) is 0 Å². The van der Waals surface area contributed by atoms with E-state index in [1.165, 1.54) is 18.5 Å². The highest BCUT2D eigenvalue weighted by atomic mass is 35.5. The van der Waals surface area contributed by atoms with E-state index in [9.17, 15) is 0 Å². The molecule has 4 rings (SSSR count). The van der Waals surface area contributed by atoms with Crippen LogP contribution in [0.1, 0.15) is 24.5 Å². The molecule has 1 aliphatic heterocycles. The third-order valence-electron chi connectivity index (χ3n) is 4.30. The Morgan fingerprint density at radius 3 is 2.62 bits per heavy atom.